The molecule has 0 radical (unpaired) electrons. The number of urea groups is 1. The summed E-state index contributed by atoms with van der Waals surface area (Å²) in [5.74, 6) is -0.694. The standard InChI is InChI=1S/C17H18N4O3/c1-11-5-2-3-8-14(11)16(23)19-10-15(22)20-12-6-4-7-13(9-12)21-17(18)24/h2-9H,10H2,1H3,(H,19,23)(H,20,22)(H3,18,21,24). The molecule has 24 heavy (non-hydrogen) atoms. The molecule has 2 aromatic rings. The Balaban J connectivity index is 1.91. The molecule has 0 fully saturated rings. The van der Waals surface area contributed by atoms with Crippen molar-refractivity contribution in [3.8, 4) is 0 Å². The Bertz CT molecular complexity index is 774. The van der Waals surface area contributed by atoms with Crippen molar-refractivity contribution in [3.05, 3.63) is 59.7 Å². The number of rotatable bonds is 5. The van der Waals surface area contributed by atoms with Crippen LogP contribution in [-0.4, -0.2) is 24.4 Å². The molecule has 0 bridgehead atoms. The van der Waals surface area contributed by atoms with Gasteiger partial charge in [0, 0.05) is 16.9 Å². The second-order valence-corrected chi connectivity index (χ2v) is 5.12. The van der Waals surface area contributed by atoms with Gasteiger partial charge in [0.15, 0.2) is 0 Å². The minimum absolute atomic E-state index is 0.166. The number of hydrogen-bond donors (Lipinski definition) is 4. The molecule has 0 saturated carbocycles. The van der Waals surface area contributed by atoms with E-state index in [1.807, 2.05) is 19.1 Å². The molecule has 2 rings (SSSR count). The third-order valence-electron chi connectivity index (χ3n) is 3.21. The number of hydrogen-bond acceptors (Lipinski definition) is 3. The van der Waals surface area contributed by atoms with Crippen LogP contribution >= 0.6 is 0 Å². The molecule has 0 spiro atoms. The fourth-order valence-electron chi connectivity index (χ4n) is 2.11. The van der Waals surface area contributed by atoms with Crippen LogP contribution in [0.25, 0.3) is 0 Å². The van der Waals surface area contributed by atoms with Gasteiger partial charge in [-0.3, -0.25) is 9.59 Å². The van der Waals surface area contributed by atoms with E-state index >= 15 is 0 Å². The van der Waals surface area contributed by atoms with Gasteiger partial charge in [-0.05, 0) is 36.8 Å². The maximum Gasteiger partial charge on any atom is 0.316 e. The van der Waals surface area contributed by atoms with Gasteiger partial charge in [0.05, 0.1) is 6.54 Å². The van der Waals surface area contributed by atoms with Gasteiger partial charge in [-0.2, -0.15) is 0 Å². The molecule has 2 aromatic carbocycles. The second kappa shape index (κ2) is 7.77. The van der Waals surface area contributed by atoms with Crippen LogP contribution in [-0.2, 0) is 4.79 Å². The van der Waals surface area contributed by atoms with E-state index in [1.54, 1.807) is 36.4 Å². The number of nitrogens with two attached hydrogens (primary N) is 1. The molecule has 0 atom stereocenters. The molecule has 0 aliphatic heterocycles. The van der Waals surface area contributed by atoms with Crippen LogP contribution in [0.5, 0.6) is 0 Å². The topological polar surface area (TPSA) is 113 Å². The van der Waals surface area contributed by atoms with E-state index in [4.69, 9.17) is 5.73 Å². The van der Waals surface area contributed by atoms with Crippen LogP contribution in [0.15, 0.2) is 48.5 Å². The molecule has 7 nitrogen and oxygen atoms in total. The van der Waals surface area contributed by atoms with E-state index < -0.39 is 6.03 Å². The van der Waals surface area contributed by atoms with Crippen LogP contribution in [0.4, 0.5) is 16.2 Å². The van der Waals surface area contributed by atoms with Crippen LogP contribution in [0.1, 0.15) is 15.9 Å². The summed E-state index contributed by atoms with van der Waals surface area (Å²) in [6, 6.07) is 13.0. The number of amides is 4. The van der Waals surface area contributed by atoms with E-state index in [2.05, 4.69) is 16.0 Å². The number of primary amides is 1. The molecule has 0 heterocycles. The Morgan fingerprint density at radius 1 is 0.958 bits per heavy atom. The minimum atomic E-state index is -0.691. The summed E-state index contributed by atoms with van der Waals surface area (Å²) < 4.78 is 0. The molecule has 5 N–H and O–H groups in total. The number of carbonyl (C=O) groups excluding carboxylic acids is 3. The average molecular weight is 326 g/mol. The van der Waals surface area contributed by atoms with Crippen molar-refractivity contribution in [1.82, 2.24) is 5.32 Å². The Hall–Kier alpha value is -3.35. The van der Waals surface area contributed by atoms with Gasteiger partial charge in [-0.25, -0.2) is 4.79 Å². The maximum absolute atomic E-state index is 12.0. The Morgan fingerprint density at radius 3 is 2.29 bits per heavy atom. The van der Waals surface area contributed by atoms with E-state index in [0.29, 0.717) is 16.9 Å². The summed E-state index contributed by atoms with van der Waals surface area (Å²) in [5.41, 5.74) is 7.34. The highest BCUT2D eigenvalue weighted by Crippen LogP contribution is 2.14. The fourth-order valence-corrected chi connectivity index (χ4v) is 2.11. The van der Waals surface area contributed by atoms with Crippen LogP contribution < -0.4 is 21.7 Å². The molecule has 4 amide bonds. The van der Waals surface area contributed by atoms with Crippen molar-refractivity contribution in [2.24, 2.45) is 5.73 Å². The third kappa shape index (κ3) is 4.84. The molecular weight excluding hydrogens is 308 g/mol. The van der Waals surface area contributed by atoms with Crippen molar-refractivity contribution < 1.29 is 14.4 Å². The third-order valence-corrected chi connectivity index (χ3v) is 3.21. The maximum atomic E-state index is 12.0. The quantitative estimate of drug-likeness (QED) is 0.672. The van der Waals surface area contributed by atoms with Crippen LogP contribution in [0.2, 0.25) is 0 Å². The Kier molecular flexibility index (Phi) is 5.51. The smallest absolute Gasteiger partial charge is 0.316 e. The summed E-state index contributed by atoms with van der Waals surface area (Å²) in [6.07, 6.45) is 0. The molecule has 0 aliphatic rings. The van der Waals surface area contributed by atoms with Gasteiger partial charge in [-0.1, -0.05) is 24.3 Å². The van der Waals surface area contributed by atoms with Crippen LogP contribution in [0, 0.1) is 6.92 Å². The lowest BCUT2D eigenvalue weighted by molar-refractivity contribution is -0.115. The summed E-state index contributed by atoms with van der Waals surface area (Å²) in [5, 5.41) is 7.61. The molecule has 0 aliphatic carbocycles. The zero-order chi connectivity index (χ0) is 17.5. The Labute approximate surface area is 139 Å². The molecule has 0 aromatic heterocycles. The van der Waals surface area contributed by atoms with E-state index in [1.165, 1.54) is 0 Å². The number of aryl methyl sites for hydroxylation is 1. The largest absolute Gasteiger partial charge is 0.351 e. The average Bonchev–Trinajstić information content (AvgIpc) is 2.53. The molecule has 7 heteroatoms. The zero-order valence-electron chi connectivity index (χ0n) is 13.1. The molecule has 124 valence electrons. The van der Waals surface area contributed by atoms with E-state index in [-0.39, 0.29) is 18.4 Å². The van der Waals surface area contributed by atoms with Gasteiger partial charge in [0.1, 0.15) is 0 Å². The van der Waals surface area contributed by atoms with Crippen molar-refractivity contribution in [2.75, 3.05) is 17.2 Å². The highest BCUT2D eigenvalue weighted by atomic mass is 16.2. The summed E-state index contributed by atoms with van der Waals surface area (Å²) >= 11 is 0. The Morgan fingerprint density at radius 2 is 1.62 bits per heavy atom. The second-order valence-electron chi connectivity index (χ2n) is 5.12. The van der Waals surface area contributed by atoms with Crippen molar-refractivity contribution in [3.63, 3.8) is 0 Å². The van der Waals surface area contributed by atoms with Crippen LogP contribution in [0.3, 0.4) is 0 Å². The number of nitrogens with one attached hydrogen (secondary N) is 3. The fraction of sp³-hybridized carbons (Fsp3) is 0.118. The zero-order valence-corrected chi connectivity index (χ0v) is 13.1. The van der Waals surface area contributed by atoms with E-state index in [0.717, 1.165) is 5.56 Å². The first-order chi connectivity index (χ1) is 11.5. The summed E-state index contributed by atoms with van der Waals surface area (Å²) in [7, 11) is 0. The lowest BCUT2D eigenvalue weighted by atomic mass is 10.1. The number of carbonyl (C=O) groups is 3. The molecule has 0 unspecified atom stereocenters. The summed E-state index contributed by atoms with van der Waals surface area (Å²) in [4.78, 5) is 34.8. The van der Waals surface area contributed by atoms with Gasteiger partial charge in [-0.15, -0.1) is 0 Å². The highest BCUT2D eigenvalue weighted by molar-refractivity contribution is 6.00. The monoisotopic (exact) mass is 326 g/mol. The first-order valence-electron chi connectivity index (χ1n) is 7.26. The van der Waals surface area contributed by atoms with Crippen molar-refractivity contribution in [2.45, 2.75) is 6.92 Å². The van der Waals surface area contributed by atoms with Gasteiger partial charge in [0.25, 0.3) is 5.91 Å². The van der Waals surface area contributed by atoms with E-state index in [9.17, 15) is 14.4 Å². The number of anilines is 2. The first kappa shape index (κ1) is 17.0. The normalized spacial score (nSPS) is 9.88. The van der Waals surface area contributed by atoms with Gasteiger partial charge in [0.2, 0.25) is 5.91 Å². The molecule has 0 saturated heterocycles. The lowest BCUT2D eigenvalue weighted by Crippen LogP contribution is -2.33. The predicted octanol–water partition coefficient (Wildman–Crippen LogP) is 1.85. The number of benzene rings is 2. The van der Waals surface area contributed by atoms with Crippen molar-refractivity contribution in [1.29, 1.82) is 0 Å². The highest BCUT2D eigenvalue weighted by Gasteiger charge is 2.10. The van der Waals surface area contributed by atoms with Gasteiger partial charge < -0.3 is 21.7 Å². The van der Waals surface area contributed by atoms with Gasteiger partial charge >= 0.3 is 6.03 Å². The van der Waals surface area contributed by atoms with Crippen molar-refractivity contribution >= 4 is 29.2 Å². The predicted molar refractivity (Wildman–Crippen MR) is 91.8 cm³/mol. The molecular formula is C17H18N4O3. The first-order valence-corrected chi connectivity index (χ1v) is 7.26. The summed E-state index contributed by atoms with van der Waals surface area (Å²) in [6.45, 7) is 1.66. The lowest BCUT2D eigenvalue weighted by Gasteiger charge is -2.09. The SMILES string of the molecule is Cc1ccccc1C(=O)NCC(=O)Nc1cccc(NC(N)=O)c1. The minimum Gasteiger partial charge on any atom is -0.351 e.